The first-order valence-electron chi connectivity index (χ1n) is 6.51. The Morgan fingerprint density at radius 3 is 2.67 bits per heavy atom. The number of hydrogen-bond acceptors (Lipinski definition) is 4. The Kier molecular flexibility index (Phi) is 4.54. The average Bonchev–Trinajstić information content (AvgIpc) is 2.76. The van der Waals surface area contributed by atoms with Crippen molar-refractivity contribution in [2.45, 2.75) is 25.4 Å². The van der Waals surface area contributed by atoms with E-state index in [1.165, 1.54) is 0 Å². The number of carbonyl (C=O) groups excluding carboxylic acids is 1. The molecule has 0 saturated carbocycles. The zero-order valence-corrected chi connectivity index (χ0v) is 10.5. The van der Waals surface area contributed by atoms with Crippen LogP contribution in [0.2, 0.25) is 0 Å². The highest BCUT2D eigenvalue weighted by atomic mass is 16.5. The van der Waals surface area contributed by atoms with Crippen LogP contribution in [0.3, 0.4) is 0 Å². The number of ether oxygens (including phenoxy) is 1. The summed E-state index contributed by atoms with van der Waals surface area (Å²) in [5.41, 5.74) is 0. The van der Waals surface area contributed by atoms with E-state index >= 15 is 0 Å². The molecule has 0 aromatic carbocycles. The molecule has 2 rings (SSSR count). The molecule has 2 heterocycles. The maximum absolute atomic E-state index is 12.1. The summed E-state index contributed by atoms with van der Waals surface area (Å²) < 4.78 is 5.40. The van der Waals surface area contributed by atoms with Crippen LogP contribution in [0.4, 0.5) is 0 Å². The summed E-state index contributed by atoms with van der Waals surface area (Å²) in [6.45, 7) is 3.41. The molecule has 18 heavy (non-hydrogen) atoms. The van der Waals surface area contributed by atoms with Gasteiger partial charge in [-0.1, -0.05) is 0 Å². The van der Waals surface area contributed by atoms with Crippen LogP contribution < -0.4 is 0 Å². The number of amides is 1. The lowest BCUT2D eigenvalue weighted by atomic mass is 10.2. The minimum Gasteiger partial charge on any atom is -0.480 e. The molecule has 0 aromatic rings. The molecule has 0 radical (unpaired) electrons. The molecule has 1 N–H and O–H groups in total. The Morgan fingerprint density at radius 2 is 2.00 bits per heavy atom. The molecule has 6 heteroatoms. The van der Waals surface area contributed by atoms with Crippen molar-refractivity contribution in [2.75, 3.05) is 39.3 Å². The monoisotopic (exact) mass is 256 g/mol. The lowest BCUT2D eigenvalue weighted by Crippen LogP contribution is -2.41. The molecule has 1 atom stereocenters. The van der Waals surface area contributed by atoms with Crippen LogP contribution >= 0.6 is 0 Å². The lowest BCUT2D eigenvalue weighted by Gasteiger charge is -2.23. The van der Waals surface area contributed by atoms with Gasteiger partial charge < -0.3 is 14.7 Å². The molecule has 2 fully saturated rings. The highest BCUT2D eigenvalue weighted by Gasteiger charge is 2.29. The minimum absolute atomic E-state index is 0.0575. The first kappa shape index (κ1) is 13.3. The van der Waals surface area contributed by atoms with E-state index in [2.05, 4.69) is 0 Å². The summed E-state index contributed by atoms with van der Waals surface area (Å²) in [5, 5.41) is 8.76. The first-order chi connectivity index (χ1) is 8.66. The van der Waals surface area contributed by atoms with E-state index in [0.29, 0.717) is 26.2 Å². The van der Waals surface area contributed by atoms with E-state index in [9.17, 15) is 9.59 Å². The third kappa shape index (κ3) is 3.43. The molecule has 0 spiro atoms. The van der Waals surface area contributed by atoms with E-state index in [1.807, 2.05) is 9.80 Å². The topological polar surface area (TPSA) is 70.1 Å². The van der Waals surface area contributed by atoms with Gasteiger partial charge in [-0.3, -0.25) is 14.5 Å². The molecular weight excluding hydrogens is 236 g/mol. The quantitative estimate of drug-likeness (QED) is 0.756. The number of aliphatic carboxylic acids is 1. The van der Waals surface area contributed by atoms with Gasteiger partial charge in [-0.2, -0.15) is 0 Å². The molecule has 0 aromatic heterocycles. The van der Waals surface area contributed by atoms with Crippen LogP contribution in [0.15, 0.2) is 0 Å². The van der Waals surface area contributed by atoms with Crippen molar-refractivity contribution >= 4 is 11.9 Å². The fourth-order valence-electron chi connectivity index (χ4n) is 2.52. The number of hydrogen-bond donors (Lipinski definition) is 1. The molecule has 2 aliphatic rings. The normalized spacial score (nSPS) is 26.0. The summed E-state index contributed by atoms with van der Waals surface area (Å²) in [5.74, 6) is -0.737. The second-order valence-electron chi connectivity index (χ2n) is 4.85. The Labute approximate surface area is 106 Å². The van der Waals surface area contributed by atoms with Gasteiger partial charge in [0.2, 0.25) is 0 Å². The summed E-state index contributed by atoms with van der Waals surface area (Å²) in [6.07, 6.45) is 2.32. The predicted molar refractivity (Wildman–Crippen MR) is 64.2 cm³/mol. The van der Waals surface area contributed by atoms with Gasteiger partial charge in [0, 0.05) is 32.8 Å². The highest BCUT2D eigenvalue weighted by Crippen LogP contribution is 2.16. The molecule has 2 saturated heterocycles. The van der Waals surface area contributed by atoms with Gasteiger partial charge in [-0.25, -0.2) is 0 Å². The zero-order valence-electron chi connectivity index (χ0n) is 10.5. The third-order valence-corrected chi connectivity index (χ3v) is 3.46. The summed E-state index contributed by atoms with van der Waals surface area (Å²) in [6, 6.07) is 0. The van der Waals surface area contributed by atoms with Crippen LogP contribution in [0.1, 0.15) is 19.3 Å². The van der Waals surface area contributed by atoms with Crippen molar-refractivity contribution in [3.63, 3.8) is 0 Å². The van der Waals surface area contributed by atoms with E-state index in [1.54, 1.807) is 0 Å². The standard InChI is InChI=1S/C12H20N2O4/c15-11(16)9-13-4-2-5-14(7-6-13)12(17)10-3-1-8-18-10/h10H,1-9H2,(H,15,16)/t10-/m0/s1. The zero-order chi connectivity index (χ0) is 13.0. The van der Waals surface area contributed by atoms with E-state index in [0.717, 1.165) is 25.8 Å². The van der Waals surface area contributed by atoms with Gasteiger partial charge in [0.05, 0.1) is 6.54 Å². The summed E-state index contributed by atoms with van der Waals surface area (Å²) in [4.78, 5) is 26.5. The molecule has 0 bridgehead atoms. The number of carboxylic acids is 1. The Hall–Kier alpha value is -1.14. The number of carboxylic acid groups (broad SMARTS) is 1. The molecule has 102 valence electrons. The van der Waals surface area contributed by atoms with Gasteiger partial charge in [-0.05, 0) is 19.3 Å². The molecule has 0 unspecified atom stereocenters. The van der Waals surface area contributed by atoms with Crippen molar-refractivity contribution in [2.24, 2.45) is 0 Å². The Morgan fingerprint density at radius 1 is 1.17 bits per heavy atom. The van der Waals surface area contributed by atoms with Gasteiger partial charge in [-0.15, -0.1) is 0 Å². The van der Waals surface area contributed by atoms with Crippen LogP contribution in [0.25, 0.3) is 0 Å². The Balaban J connectivity index is 1.84. The van der Waals surface area contributed by atoms with Crippen LogP contribution in [-0.2, 0) is 14.3 Å². The maximum Gasteiger partial charge on any atom is 0.317 e. The van der Waals surface area contributed by atoms with Crippen molar-refractivity contribution in [1.29, 1.82) is 0 Å². The number of carbonyl (C=O) groups is 2. The van der Waals surface area contributed by atoms with Gasteiger partial charge >= 0.3 is 5.97 Å². The first-order valence-corrected chi connectivity index (χ1v) is 6.51. The second kappa shape index (κ2) is 6.15. The average molecular weight is 256 g/mol. The van der Waals surface area contributed by atoms with Gasteiger partial charge in [0.1, 0.15) is 6.10 Å². The summed E-state index contributed by atoms with van der Waals surface area (Å²) in [7, 11) is 0. The van der Waals surface area contributed by atoms with E-state index in [4.69, 9.17) is 9.84 Å². The van der Waals surface area contributed by atoms with Crippen LogP contribution in [0.5, 0.6) is 0 Å². The van der Waals surface area contributed by atoms with Crippen molar-refractivity contribution < 1.29 is 19.4 Å². The molecule has 1 amide bonds. The number of nitrogens with zero attached hydrogens (tertiary/aromatic N) is 2. The second-order valence-corrected chi connectivity index (χ2v) is 4.85. The van der Waals surface area contributed by atoms with Crippen molar-refractivity contribution in [3.05, 3.63) is 0 Å². The van der Waals surface area contributed by atoms with Crippen LogP contribution in [0, 0.1) is 0 Å². The smallest absolute Gasteiger partial charge is 0.317 e. The van der Waals surface area contributed by atoms with E-state index in [-0.39, 0.29) is 18.6 Å². The predicted octanol–water partition coefficient (Wildman–Crippen LogP) is -0.216. The third-order valence-electron chi connectivity index (χ3n) is 3.46. The van der Waals surface area contributed by atoms with Crippen molar-refractivity contribution in [1.82, 2.24) is 9.80 Å². The lowest BCUT2D eigenvalue weighted by molar-refractivity contribution is -0.140. The molecule has 0 aliphatic carbocycles. The molecular formula is C12H20N2O4. The largest absolute Gasteiger partial charge is 0.480 e. The van der Waals surface area contributed by atoms with E-state index < -0.39 is 5.97 Å². The SMILES string of the molecule is O=C(O)CN1CCCN(C(=O)[C@@H]2CCCO2)CC1. The van der Waals surface area contributed by atoms with Crippen molar-refractivity contribution in [3.8, 4) is 0 Å². The summed E-state index contributed by atoms with van der Waals surface area (Å²) >= 11 is 0. The van der Waals surface area contributed by atoms with Gasteiger partial charge in [0.25, 0.3) is 5.91 Å². The molecule has 6 nitrogen and oxygen atoms in total. The highest BCUT2D eigenvalue weighted by molar-refractivity contribution is 5.81. The Bertz CT molecular complexity index is 315. The van der Waals surface area contributed by atoms with Gasteiger partial charge in [0.15, 0.2) is 0 Å². The fraction of sp³-hybridized carbons (Fsp3) is 0.833. The maximum atomic E-state index is 12.1. The van der Waals surface area contributed by atoms with Crippen LogP contribution in [-0.4, -0.2) is 72.2 Å². The minimum atomic E-state index is -0.811. The number of rotatable bonds is 3. The molecule has 2 aliphatic heterocycles. The fourth-order valence-corrected chi connectivity index (χ4v) is 2.52.